The number of carbonyl (C=O) groups excluding carboxylic acids is 1. The van der Waals surface area contributed by atoms with Gasteiger partial charge in [0.1, 0.15) is 0 Å². The van der Waals surface area contributed by atoms with E-state index in [4.69, 9.17) is 10.0 Å². The summed E-state index contributed by atoms with van der Waals surface area (Å²) in [6.07, 6.45) is 11.9. The average Bonchev–Trinajstić information content (AvgIpc) is 2.90. The molecular weight excluding hydrogens is 453 g/mol. The molecule has 0 saturated heterocycles. The maximum Gasteiger partial charge on any atom is 0.488 e. The van der Waals surface area contributed by atoms with Crippen LogP contribution in [-0.2, 0) is 0 Å². The summed E-state index contributed by atoms with van der Waals surface area (Å²) < 4.78 is 1.14. The fraction of sp³-hybridized carbons (Fsp3) is 0.759. The van der Waals surface area contributed by atoms with Gasteiger partial charge in [-0.3, -0.25) is 4.79 Å². The van der Waals surface area contributed by atoms with Crippen LogP contribution in [0.4, 0.5) is 0 Å². The van der Waals surface area contributed by atoms with Crippen molar-refractivity contribution in [3.63, 3.8) is 0 Å². The third-order valence-corrected chi connectivity index (χ3v) is 6.72. The fourth-order valence-corrected chi connectivity index (χ4v) is 4.13. The Bertz CT molecular complexity index is 566. The van der Waals surface area contributed by atoms with Crippen molar-refractivity contribution in [2.75, 3.05) is 38.7 Å². The Hall–Kier alpha value is -0.815. The molecule has 35 heavy (non-hydrogen) atoms. The Balaban J connectivity index is -0.00000158. The molecule has 6 heteroatoms. The molecular formula is C29H59BNO3S+. The predicted molar refractivity (Wildman–Crippen MR) is 161 cm³/mol. The first kappa shape index (κ1) is 38.7. The van der Waals surface area contributed by atoms with Gasteiger partial charge in [0.15, 0.2) is 5.78 Å². The van der Waals surface area contributed by atoms with Crippen molar-refractivity contribution in [2.24, 2.45) is 0 Å². The molecule has 1 aromatic rings. The highest BCUT2D eigenvalue weighted by Crippen LogP contribution is 2.14. The van der Waals surface area contributed by atoms with Gasteiger partial charge < -0.3 is 14.5 Å². The third-order valence-electron chi connectivity index (χ3n) is 5.67. The summed E-state index contributed by atoms with van der Waals surface area (Å²) >= 11 is 1.70. The minimum absolute atomic E-state index is 0.107. The number of thioether (sulfide) groups is 1. The highest BCUT2D eigenvalue weighted by atomic mass is 32.2. The van der Waals surface area contributed by atoms with Crippen LogP contribution in [-0.4, -0.2) is 66.1 Å². The SMILES string of the molecule is CC.CC.CC.CC[N+](C)(C)CCCCCCCCCCCSCC(=O)c1ccc(B(O)O)cc1. The lowest BCUT2D eigenvalue weighted by Crippen LogP contribution is -2.39. The first-order valence-electron chi connectivity index (χ1n) is 14.2. The molecule has 0 heterocycles. The Kier molecular flexibility index (Phi) is 30.7. The molecule has 0 saturated carbocycles. The molecule has 0 atom stereocenters. The van der Waals surface area contributed by atoms with Crippen LogP contribution in [0.2, 0.25) is 0 Å². The van der Waals surface area contributed by atoms with E-state index < -0.39 is 7.12 Å². The van der Waals surface area contributed by atoms with E-state index in [9.17, 15) is 4.79 Å². The molecule has 0 bridgehead atoms. The zero-order valence-corrected chi connectivity index (χ0v) is 25.6. The molecule has 206 valence electrons. The van der Waals surface area contributed by atoms with Gasteiger partial charge in [-0.25, -0.2) is 0 Å². The minimum atomic E-state index is -1.48. The van der Waals surface area contributed by atoms with Crippen molar-refractivity contribution >= 4 is 30.1 Å². The smallest absolute Gasteiger partial charge is 0.423 e. The molecule has 4 nitrogen and oxygen atoms in total. The first-order chi connectivity index (χ1) is 16.9. The second-order valence-electron chi connectivity index (χ2n) is 8.63. The van der Waals surface area contributed by atoms with Crippen molar-refractivity contribution in [3.8, 4) is 0 Å². The van der Waals surface area contributed by atoms with Gasteiger partial charge in [0.25, 0.3) is 0 Å². The molecule has 0 fully saturated rings. The summed E-state index contributed by atoms with van der Waals surface area (Å²) in [6, 6.07) is 6.52. The largest absolute Gasteiger partial charge is 0.488 e. The van der Waals surface area contributed by atoms with Gasteiger partial charge >= 0.3 is 7.12 Å². The van der Waals surface area contributed by atoms with Gasteiger partial charge in [-0.1, -0.05) is 104 Å². The van der Waals surface area contributed by atoms with Crippen LogP contribution < -0.4 is 5.46 Å². The minimum Gasteiger partial charge on any atom is -0.423 e. The van der Waals surface area contributed by atoms with Crippen LogP contribution in [0.1, 0.15) is 117 Å². The predicted octanol–water partition coefficient (Wildman–Crippen LogP) is 6.97. The summed E-state index contributed by atoms with van der Waals surface area (Å²) in [5, 5.41) is 18.2. The van der Waals surface area contributed by atoms with E-state index >= 15 is 0 Å². The number of rotatable bonds is 17. The lowest BCUT2D eigenvalue weighted by Gasteiger charge is -2.28. The van der Waals surface area contributed by atoms with E-state index in [1.54, 1.807) is 36.0 Å². The quantitative estimate of drug-likeness (QED) is 0.102. The van der Waals surface area contributed by atoms with Gasteiger partial charge in [-0.2, -0.15) is 11.8 Å². The van der Waals surface area contributed by atoms with E-state index in [0.717, 1.165) is 10.2 Å². The first-order valence-corrected chi connectivity index (χ1v) is 15.4. The number of Topliss-reactive ketones (excluding diaryl/α,β-unsaturated/α-hetero) is 1. The molecule has 1 rings (SSSR count). The zero-order chi connectivity index (χ0) is 27.5. The Labute approximate surface area is 224 Å². The second kappa shape index (κ2) is 27.8. The fourth-order valence-electron chi connectivity index (χ4n) is 3.23. The summed E-state index contributed by atoms with van der Waals surface area (Å²) in [7, 11) is 3.15. The van der Waals surface area contributed by atoms with E-state index in [0.29, 0.717) is 16.8 Å². The molecule has 1 aromatic carbocycles. The molecule has 0 amide bonds. The monoisotopic (exact) mass is 512 g/mol. The van der Waals surface area contributed by atoms with Crippen LogP contribution in [0.5, 0.6) is 0 Å². The molecule has 0 aliphatic heterocycles. The molecule has 0 aromatic heterocycles. The van der Waals surface area contributed by atoms with Crippen molar-refractivity contribution in [1.29, 1.82) is 0 Å². The summed E-state index contributed by atoms with van der Waals surface area (Å²) in [6.45, 7) is 16.8. The van der Waals surface area contributed by atoms with Crippen molar-refractivity contribution < 1.29 is 19.3 Å². The summed E-state index contributed by atoms with van der Waals surface area (Å²) in [5.74, 6) is 1.63. The number of benzene rings is 1. The van der Waals surface area contributed by atoms with E-state index in [2.05, 4.69) is 21.0 Å². The van der Waals surface area contributed by atoms with Crippen LogP contribution in [0.3, 0.4) is 0 Å². The Morgan fingerprint density at radius 2 is 1.20 bits per heavy atom. The van der Waals surface area contributed by atoms with Gasteiger partial charge in [-0.05, 0) is 37.4 Å². The van der Waals surface area contributed by atoms with Crippen LogP contribution >= 0.6 is 11.8 Å². The highest BCUT2D eigenvalue weighted by Gasteiger charge is 2.12. The topological polar surface area (TPSA) is 57.5 Å². The molecule has 0 unspecified atom stereocenters. The van der Waals surface area contributed by atoms with E-state index in [-0.39, 0.29) is 5.78 Å². The van der Waals surface area contributed by atoms with Crippen LogP contribution in [0.15, 0.2) is 24.3 Å². The Morgan fingerprint density at radius 3 is 1.63 bits per heavy atom. The molecule has 0 aliphatic carbocycles. The molecule has 0 spiro atoms. The van der Waals surface area contributed by atoms with Crippen LogP contribution in [0, 0.1) is 0 Å². The van der Waals surface area contributed by atoms with Gasteiger partial charge in [0.2, 0.25) is 0 Å². The Morgan fingerprint density at radius 1 is 0.771 bits per heavy atom. The lowest BCUT2D eigenvalue weighted by atomic mass is 9.80. The molecule has 0 aliphatic rings. The maximum absolute atomic E-state index is 12.1. The maximum atomic E-state index is 12.1. The number of carbonyl (C=O) groups is 1. The van der Waals surface area contributed by atoms with Crippen molar-refractivity contribution in [1.82, 2.24) is 0 Å². The standard InChI is InChI=1S/C23H41BNO3S.3C2H6/c1-4-25(2,3)18-12-10-8-6-5-7-9-11-13-19-29-20-23(26)21-14-16-22(17-15-21)24(27)28;3*1-2/h14-17,27-28H,4-13,18-20H2,1-3H3;3*1-2H3/q+1;;;. The van der Waals surface area contributed by atoms with Crippen molar-refractivity contribution in [3.05, 3.63) is 29.8 Å². The summed E-state index contributed by atoms with van der Waals surface area (Å²) in [4.78, 5) is 12.1. The number of hydrogen-bond acceptors (Lipinski definition) is 4. The highest BCUT2D eigenvalue weighted by molar-refractivity contribution is 7.99. The molecule has 0 radical (unpaired) electrons. The average molecular weight is 513 g/mol. The summed E-state index contributed by atoms with van der Waals surface area (Å²) in [5.41, 5.74) is 1.05. The van der Waals surface area contributed by atoms with Crippen molar-refractivity contribution in [2.45, 2.75) is 106 Å². The lowest BCUT2D eigenvalue weighted by molar-refractivity contribution is -0.888. The number of hydrogen-bond donors (Lipinski definition) is 2. The second-order valence-corrected chi connectivity index (χ2v) is 9.73. The van der Waals surface area contributed by atoms with E-state index in [1.165, 1.54) is 70.9 Å². The van der Waals surface area contributed by atoms with Gasteiger partial charge in [0, 0.05) is 5.56 Å². The van der Waals surface area contributed by atoms with Crippen LogP contribution in [0.25, 0.3) is 0 Å². The molecule has 2 N–H and O–H groups in total. The van der Waals surface area contributed by atoms with Gasteiger partial charge in [-0.15, -0.1) is 0 Å². The van der Waals surface area contributed by atoms with Gasteiger partial charge in [0.05, 0.1) is 32.9 Å². The number of unbranched alkanes of at least 4 members (excludes halogenated alkanes) is 8. The number of quaternary nitrogens is 1. The van der Waals surface area contributed by atoms with E-state index in [1.807, 2.05) is 41.5 Å². The number of ketones is 1. The third kappa shape index (κ3) is 23.3. The number of nitrogens with zero attached hydrogens (tertiary/aromatic N) is 1. The zero-order valence-electron chi connectivity index (χ0n) is 24.7. The normalized spacial score (nSPS) is 10.1.